The molecule has 0 radical (unpaired) electrons. The predicted molar refractivity (Wildman–Crippen MR) is 89.4 cm³/mol. The molecule has 2 atom stereocenters. The van der Waals surface area contributed by atoms with Gasteiger partial charge in [-0.1, -0.05) is 26.2 Å². The molecule has 2 fully saturated rings. The highest BCUT2D eigenvalue weighted by atomic mass is 16.3. The summed E-state index contributed by atoms with van der Waals surface area (Å²) < 4.78 is 1.75. The van der Waals surface area contributed by atoms with E-state index >= 15 is 0 Å². The Morgan fingerprint density at radius 1 is 1.30 bits per heavy atom. The van der Waals surface area contributed by atoms with Gasteiger partial charge in [-0.15, -0.1) is 0 Å². The smallest absolute Gasteiger partial charge is 0.323 e. The lowest BCUT2D eigenvalue weighted by Gasteiger charge is -2.34. The minimum absolute atomic E-state index is 0.144. The van der Waals surface area contributed by atoms with E-state index in [0.29, 0.717) is 19.0 Å². The van der Waals surface area contributed by atoms with Gasteiger partial charge in [0.05, 0.1) is 11.8 Å². The highest BCUT2D eigenvalue weighted by Crippen LogP contribution is 2.32. The zero-order chi connectivity index (χ0) is 16.4. The lowest BCUT2D eigenvalue weighted by Crippen LogP contribution is -2.47. The van der Waals surface area contributed by atoms with Gasteiger partial charge in [0.25, 0.3) is 0 Å². The highest BCUT2D eigenvalue weighted by Gasteiger charge is 2.28. The van der Waals surface area contributed by atoms with Crippen LogP contribution in [0.5, 0.6) is 0 Å². The molecule has 2 amide bonds. The zero-order valence-electron chi connectivity index (χ0n) is 14.2. The van der Waals surface area contributed by atoms with Crippen molar-refractivity contribution in [3.05, 3.63) is 11.8 Å². The lowest BCUT2D eigenvalue weighted by molar-refractivity contribution is 0.0463. The third-order valence-electron chi connectivity index (χ3n) is 5.36. The van der Waals surface area contributed by atoms with Gasteiger partial charge in [0.1, 0.15) is 5.82 Å². The predicted octanol–water partition coefficient (Wildman–Crippen LogP) is 2.70. The summed E-state index contributed by atoms with van der Waals surface area (Å²) in [7, 11) is 1.87. The van der Waals surface area contributed by atoms with E-state index in [0.717, 1.165) is 17.9 Å². The van der Waals surface area contributed by atoms with Gasteiger partial charge >= 0.3 is 6.03 Å². The maximum absolute atomic E-state index is 12.4. The summed E-state index contributed by atoms with van der Waals surface area (Å²) in [5.41, 5.74) is 1.09. The Morgan fingerprint density at radius 2 is 2.04 bits per heavy atom. The molecule has 0 bridgehead atoms. The van der Waals surface area contributed by atoms with Crippen molar-refractivity contribution in [2.75, 3.05) is 18.4 Å². The molecule has 1 aliphatic heterocycles. The van der Waals surface area contributed by atoms with Crippen molar-refractivity contribution >= 4 is 11.8 Å². The molecule has 0 spiro atoms. The molecule has 6 nitrogen and oxygen atoms in total. The average Bonchev–Trinajstić information content (AvgIpc) is 2.92. The topological polar surface area (TPSA) is 70.4 Å². The Labute approximate surface area is 137 Å². The SMILES string of the molecule is CC1CCN(C(=O)Nc2cc(C3CCCCC3)nn2C)CC1O. The first kappa shape index (κ1) is 16.3. The number of hydrogen-bond acceptors (Lipinski definition) is 3. The lowest BCUT2D eigenvalue weighted by atomic mass is 9.87. The molecule has 2 aliphatic rings. The molecule has 1 aromatic heterocycles. The third-order valence-corrected chi connectivity index (χ3v) is 5.36. The first-order valence-electron chi connectivity index (χ1n) is 8.82. The number of urea groups is 1. The van der Waals surface area contributed by atoms with Gasteiger partial charge in [0, 0.05) is 32.1 Å². The minimum atomic E-state index is -0.432. The fourth-order valence-electron chi connectivity index (χ4n) is 3.63. The molecule has 6 heteroatoms. The van der Waals surface area contributed by atoms with Gasteiger partial charge in [0.2, 0.25) is 0 Å². The quantitative estimate of drug-likeness (QED) is 0.880. The number of piperidine rings is 1. The van der Waals surface area contributed by atoms with Crippen LogP contribution in [0.25, 0.3) is 0 Å². The summed E-state index contributed by atoms with van der Waals surface area (Å²) >= 11 is 0. The number of aryl methyl sites for hydroxylation is 1. The van der Waals surface area contributed by atoms with Gasteiger partial charge in [-0.05, 0) is 25.2 Å². The number of nitrogens with one attached hydrogen (secondary N) is 1. The number of hydrogen-bond donors (Lipinski definition) is 2. The molecular formula is C17H28N4O2. The van der Waals surface area contributed by atoms with E-state index in [9.17, 15) is 9.90 Å². The number of carbonyl (C=O) groups excluding carboxylic acids is 1. The summed E-state index contributed by atoms with van der Waals surface area (Å²) in [6, 6.07) is 1.87. The van der Waals surface area contributed by atoms with Crippen LogP contribution in [0.1, 0.15) is 57.1 Å². The van der Waals surface area contributed by atoms with Crippen molar-refractivity contribution in [2.24, 2.45) is 13.0 Å². The molecule has 0 aromatic carbocycles. The second kappa shape index (κ2) is 6.91. The fraction of sp³-hybridized carbons (Fsp3) is 0.765. The first-order valence-corrected chi connectivity index (χ1v) is 8.82. The van der Waals surface area contributed by atoms with Gasteiger partial charge in [-0.25, -0.2) is 4.79 Å². The van der Waals surface area contributed by atoms with E-state index < -0.39 is 6.10 Å². The number of nitrogens with zero attached hydrogens (tertiary/aromatic N) is 3. The van der Waals surface area contributed by atoms with Crippen LogP contribution in [0.4, 0.5) is 10.6 Å². The van der Waals surface area contributed by atoms with Gasteiger partial charge in [-0.2, -0.15) is 5.10 Å². The van der Waals surface area contributed by atoms with Crippen molar-refractivity contribution < 1.29 is 9.90 Å². The van der Waals surface area contributed by atoms with Crippen LogP contribution in [0, 0.1) is 5.92 Å². The van der Waals surface area contributed by atoms with E-state index in [1.807, 2.05) is 20.0 Å². The summed E-state index contributed by atoms with van der Waals surface area (Å²) in [5, 5.41) is 17.5. The van der Waals surface area contributed by atoms with E-state index in [1.165, 1.54) is 32.1 Å². The molecule has 128 valence electrons. The van der Waals surface area contributed by atoms with Gasteiger partial charge in [0.15, 0.2) is 0 Å². The van der Waals surface area contributed by atoms with Crippen molar-refractivity contribution in [3.63, 3.8) is 0 Å². The van der Waals surface area contributed by atoms with Gasteiger partial charge < -0.3 is 10.0 Å². The Kier molecular flexibility index (Phi) is 4.90. The van der Waals surface area contributed by atoms with Crippen LogP contribution in [0.15, 0.2) is 6.07 Å². The second-order valence-electron chi connectivity index (χ2n) is 7.12. The number of amides is 2. The molecule has 2 heterocycles. The van der Waals surface area contributed by atoms with E-state index in [4.69, 9.17) is 0 Å². The van der Waals surface area contributed by atoms with E-state index in [2.05, 4.69) is 10.4 Å². The highest BCUT2D eigenvalue weighted by molar-refractivity contribution is 5.88. The maximum Gasteiger partial charge on any atom is 0.323 e. The molecule has 1 saturated heterocycles. The van der Waals surface area contributed by atoms with Crippen LogP contribution >= 0.6 is 0 Å². The zero-order valence-corrected chi connectivity index (χ0v) is 14.2. The van der Waals surface area contributed by atoms with Crippen LogP contribution in [0.3, 0.4) is 0 Å². The number of β-amino-alcohol motifs (C(OH)–C–C–N with tert-alkyl or cyclic N) is 1. The van der Waals surface area contributed by atoms with Gasteiger partial charge in [-0.3, -0.25) is 10.00 Å². The van der Waals surface area contributed by atoms with Crippen LogP contribution in [0.2, 0.25) is 0 Å². The molecule has 2 unspecified atom stereocenters. The van der Waals surface area contributed by atoms with Crippen molar-refractivity contribution in [1.29, 1.82) is 0 Å². The maximum atomic E-state index is 12.4. The summed E-state index contributed by atoms with van der Waals surface area (Å²) in [4.78, 5) is 14.1. The number of carbonyl (C=O) groups is 1. The number of anilines is 1. The third kappa shape index (κ3) is 3.68. The molecule has 1 aliphatic carbocycles. The number of likely N-dealkylation sites (tertiary alicyclic amines) is 1. The summed E-state index contributed by atoms with van der Waals surface area (Å²) in [6.07, 6.45) is 6.66. The molecule has 1 aromatic rings. The number of rotatable bonds is 2. The standard InChI is InChI=1S/C17H28N4O2/c1-12-8-9-21(11-15(12)22)17(23)18-16-10-14(19-20(16)2)13-6-4-3-5-7-13/h10,12-13,15,22H,3-9,11H2,1-2H3,(H,18,23). The number of aliphatic hydroxyl groups is 1. The second-order valence-corrected chi connectivity index (χ2v) is 7.12. The Balaban J connectivity index is 1.63. The minimum Gasteiger partial charge on any atom is -0.391 e. The normalized spacial score (nSPS) is 26.3. The first-order chi connectivity index (χ1) is 11.0. The van der Waals surface area contributed by atoms with Crippen molar-refractivity contribution in [1.82, 2.24) is 14.7 Å². The molecular weight excluding hydrogens is 292 g/mol. The summed E-state index contributed by atoms with van der Waals surface area (Å²) in [5.74, 6) is 1.52. The van der Waals surface area contributed by atoms with Crippen LogP contribution in [-0.4, -0.2) is 45.0 Å². The van der Waals surface area contributed by atoms with E-state index in [-0.39, 0.29) is 11.9 Å². The van der Waals surface area contributed by atoms with Crippen molar-refractivity contribution in [3.8, 4) is 0 Å². The van der Waals surface area contributed by atoms with Crippen LogP contribution in [-0.2, 0) is 7.05 Å². The molecule has 1 saturated carbocycles. The largest absolute Gasteiger partial charge is 0.391 e. The monoisotopic (exact) mass is 320 g/mol. The number of aromatic nitrogens is 2. The Morgan fingerprint density at radius 3 is 2.74 bits per heavy atom. The Bertz CT molecular complexity index is 551. The Hall–Kier alpha value is -1.56. The number of aliphatic hydroxyl groups excluding tert-OH is 1. The van der Waals surface area contributed by atoms with Crippen LogP contribution < -0.4 is 5.32 Å². The molecule has 23 heavy (non-hydrogen) atoms. The van der Waals surface area contributed by atoms with E-state index in [1.54, 1.807) is 9.58 Å². The summed E-state index contributed by atoms with van der Waals surface area (Å²) in [6.45, 7) is 3.12. The fourth-order valence-corrected chi connectivity index (χ4v) is 3.63. The van der Waals surface area contributed by atoms with Crippen molar-refractivity contribution in [2.45, 2.75) is 57.5 Å². The molecule has 3 rings (SSSR count). The molecule has 2 N–H and O–H groups in total. The average molecular weight is 320 g/mol.